The molecule has 0 saturated heterocycles. The Morgan fingerprint density at radius 3 is 2.25 bits per heavy atom. The van der Waals surface area contributed by atoms with Crippen molar-refractivity contribution in [2.45, 2.75) is 55.6 Å². The zero-order chi connectivity index (χ0) is 11.8. The van der Waals surface area contributed by atoms with Gasteiger partial charge in [0, 0.05) is 11.6 Å². The maximum Gasteiger partial charge on any atom is 0.150 e. The Bertz CT molecular complexity index is 339. The zero-order valence-corrected chi connectivity index (χ0v) is 11.4. The van der Waals surface area contributed by atoms with Gasteiger partial charge < -0.3 is 0 Å². The Morgan fingerprint density at radius 1 is 1.00 bits per heavy atom. The van der Waals surface area contributed by atoms with Crippen LogP contribution < -0.4 is 0 Å². The number of hydrogen-bond acceptors (Lipinski definition) is 2. The van der Waals surface area contributed by atoms with Gasteiger partial charge in [-0.2, -0.15) is 0 Å². The molecule has 0 heterocycles. The molecule has 0 aromatic carbocycles. The van der Waals surface area contributed by atoms with E-state index in [1.807, 2.05) is 0 Å². The first kappa shape index (κ1) is 12.7. The number of rotatable bonds is 2. The summed E-state index contributed by atoms with van der Waals surface area (Å²) in [6, 6.07) is 0. The summed E-state index contributed by atoms with van der Waals surface area (Å²) in [5.74, 6) is 1.30. The summed E-state index contributed by atoms with van der Waals surface area (Å²) in [5.41, 5.74) is 0. The summed E-state index contributed by atoms with van der Waals surface area (Å²) < 4.78 is 23.2. The molecule has 2 aliphatic rings. The molecule has 16 heavy (non-hydrogen) atoms. The predicted molar refractivity (Wildman–Crippen MR) is 67.6 cm³/mol. The summed E-state index contributed by atoms with van der Waals surface area (Å²) in [7, 11) is -2.83. The lowest BCUT2D eigenvalue weighted by atomic mass is 9.79. The molecule has 0 spiro atoms. The van der Waals surface area contributed by atoms with E-state index in [-0.39, 0.29) is 5.25 Å². The van der Waals surface area contributed by atoms with E-state index in [1.165, 1.54) is 19.1 Å². The molecule has 0 aliphatic heterocycles. The number of hydrogen-bond donors (Lipinski definition) is 0. The lowest BCUT2D eigenvalue weighted by Gasteiger charge is -2.32. The Labute approximate surface area is 104 Å². The van der Waals surface area contributed by atoms with Gasteiger partial charge in [0.05, 0.1) is 5.25 Å². The number of halogens is 1. The molecule has 2 rings (SSSR count). The molecule has 0 bridgehead atoms. The lowest BCUT2D eigenvalue weighted by molar-refractivity contribution is 0.253. The standard InChI is InChI=1S/C12H21ClO2S/c1-16(14,15)12-4-2-3-9(8-12)10-5-6-11(13)7-10/h9-12H,2-8H2,1H3. The van der Waals surface area contributed by atoms with Crippen LogP contribution in [0.25, 0.3) is 0 Å². The van der Waals surface area contributed by atoms with Crippen LogP contribution in [0.1, 0.15) is 44.9 Å². The van der Waals surface area contributed by atoms with Crippen molar-refractivity contribution in [2.75, 3.05) is 6.26 Å². The van der Waals surface area contributed by atoms with Gasteiger partial charge in [0.1, 0.15) is 9.84 Å². The molecule has 2 fully saturated rings. The Morgan fingerprint density at radius 2 is 1.69 bits per heavy atom. The van der Waals surface area contributed by atoms with Crippen LogP contribution in [-0.2, 0) is 9.84 Å². The van der Waals surface area contributed by atoms with Crippen molar-refractivity contribution < 1.29 is 8.42 Å². The lowest BCUT2D eigenvalue weighted by Crippen LogP contribution is -2.30. The molecule has 4 heteroatoms. The molecule has 0 aromatic heterocycles. The van der Waals surface area contributed by atoms with Gasteiger partial charge >= 0.3 is 0 Å². The SMILES string of the molecule is CS(=O)(=O)C1CCCC(C2CCC(Cl)C2)C1. The summed E-state index contributed by atoms with van der Waals surface area (Å²) in [5, 5.41) is 0.254. The van der Waals surface area contributed by atoms with E-state index in [2.05, 4.69) is 0 Å². The Kier molecular flexibility index (Phi) is 3.85. The first-order chi connectivity index (χ1) is 7.47. The van der Waals surface area contributed by atoms with Crippen molar-refractivity contribution in [3.8, 4) is 0 Å². The molecule has 0 amide bonds. The van der Waals surface area contributed by atoms with Gasteiger partial charge in [-0.25, -0.2) is 8.42 Å². The van der Waals surface area contributed by atoms with Gasteiger partial charge in [-0.15, -0.1) is 11.6 Å². The van der Waals surface area contributed by atoms with Crippen LogP contribution >= 0.6 is 11.6 Å². The molecule has 0 aromatic rings. The Balaban J connectivity index is 1.97. The predicted octanol–water partition coefficient (Wildman–Crippen LogP) is 3.00. The largest absolute Gasteiger partial charge is 0.229 e. The van der Waals surface area contributed by atoms with E-state index in [1.54, 1.807) is 0 Å². The second-order valence-corrected chi connectivity index (χ2v) is 8.49. The number of alkyl halides is 1. The van der Waals surface area contributed by atoms with Gasteiger partial charge in [0.2, 0.25) is 0 Å². The van der Waals surface area contributed by atoms with Gasteiger partial charge in [0.25, 0.3) is 0 Å². The fourth-order valence-corrected chi connectivity index (χ4v) is 4.93. The molecular weight excluding hydrogens is 244 g/mol. The molecule has 0 N–H and O–H groups in total. The third-order valence-corrected chi connectivity index (χ3v) is 6.38. The van der Waals surface area contributed by atoms with Crippen LogP contribution in [0.2, 0.25) is 0 Å². The summed E-state index contributed by atoms with van der Waals surface area (Å²) >= 11 is 6.13. The second kappa shape index (κ2) is 4.85. The molecular formula is C12H21ClO2S. The first-order valence-electron chi connectivity index (χ1n) is 6.29. The van der Waals surface area contributed by atoms with Crippen LogP contribution in [-0.4, -0.2) is 25.3 Å². The fraction of sp³-hybridized carbons (Fsp3) is 1.00. The Hall–Kier alpha value is 0.240. The van der Waals surface area contributed by atoms with Gasteiger partial charge in [-0.1, -0.05) is 12.8 Å². The fourth-order valence-electron chi connectivity index (χ4n) is 3.39. The van der Waals surface area contributed by atoms with Gasteiger partial charge in [-0.05, 0) is 43.9 Å². The minimum absolute atomic E-state index is 0.0828. The highest BCUT2D eigenvalue weighted by Crippen LogP contribution is 2.42. The van der Waals surface area contributed by atoms with Crippen LogP contribution in [0, 0.1) is 11.8 Å². The monoisotopic (exact) mass is 264 g/mol. The van der Waals surface area contributed by atoms with Crippen molar-refractivity contribution in [2.24, 2.45) is 11.8 Å². The molecule has 0 radical (unpaired) electrons. The van der Waals surface area contributed by atoms with E-state index in [0.717, 1.165) is 32.1 Å². The van der Waals surface area contributed by atoms with Crippen molar-refractivity contribution in [1.82, 2.24) is 0 Å². The highest BCUT2D eigenvalue weighted by Gasteiger charge is 2.35. The molecule has 2 nitrogen and oxygen atoms in total. The van der Waals surface area contributed by atoms with Crippen LogP contribution in [0.4, 0.5) is 0 Å². The highest BCUT2D eigenvalue weighted by atomic mass is 35.5. The molecule has 4 atom stereocenters. The van der Waals surface area contributed by atoms with Crippen molar-refractivity contribution in [3.63, 3.8) is 0 Å². The molecule has 4 unspecified atom stereocenters. The van der Waals surface area contributed by atoms with Crippen LogP contribution in [0.5, 0.6) is 0 Å². The minimum Gasteiger partial charge on any atom is -0.229 e. The second-order valence-electron chi connectivity index (χ2n) is 5.55. The molecule has 2 aliphatic carbocycles. The van der Waals surface area contributed by atoms with E-state index in [4.69, 9.17) is 11.6 Å². The van der Waals surface area contributed by atoms with E-state index in [0.29, 0.717) is 17.2 Å². The topological polar surface area (TPSA) is 34.1 Å². The quantitative estimate of drug-likeness (QED) is 0.719. The van der Waals surface area contributed by atoms with Gasteiger partial charge in [-0.3, -0.25) is 0 Å². The summed E-state index contributed by atoms with van der Waals surface area (Å²) in [6.45, 7) is 0. The number of sulfone groups is 1. The van der Waals surface area contributed by atoms with Crippen molar-refractivity contribution >= 4 is 21.4 Å². The van der Waals surface area contributed by atoms with Crippen molar-refractivity contribution in [3.05, 3.63) is 0 Å². The average Bonchev–Trinajstić information content (AvgIpc) is 2.64. The summed E-state index contributed by atoms with van der Waals surface area (Å²) in [4.78, 5) is 0. The summed E-state index contributed by atoms with van der Waals surface area (Å²) in [6.07, 6.45) is 8.84. The highest BCUT2D eigenvalue weighted by molar-refractivity contribution is 7.91. The third-order valence-electron chi connectivity index (χ3n) is 4.35. The molecule has 94 valence electrons. The maximum absolute atomic E-state index is 11.6. The minimum atomic E-state index is -2.83. The van der Waals surface area contributed by atoms with Crippen LogP contribution in [0.3, 0.4) is 0 Å². The van der Waals surface area contributed by atoms with Crippen LogP contribution in [0.15, 0.2) is 0 Å². The van der Waals surface area contributed by atoms with E-state index >= 15 is 0 Å². The smallest absolute Gasteiger partial charge is 0.150 e. The third kappa shape index (κ3) is 2.92. The molecule has 2 saturated carbocycles. The first-order valence-corrected chi connectivity index (χ1v) is 8.69. The average molecular weight is 265 g/mol. The van der Waals surface area contributed by atoms with E-state index in [9.17, 15) is 8.42 Å². The van der Waals surface area contributed by atoms with Crippen molar-refractivity contribution in [1.29, 1.82) is 0 Å². The normalized spacial score (nSPS) is 41.1. The van der Waals surface area contributed by atoms with Gasteiger partial charge in [0.15, 0.2) is 0 Å². The maximum atomic E-state index is 11.6. The zero-order valence-electron chi connectivity index (χ0n) is 9.86. The van der Waals surface area contributed by atoms with E-state index < -0.39 is 9.84 Å².